The molecule has 3 N–H and O–H groups in total. The molecule has 1 atom stereocenters. The number of hydrogen-bond acceptors (Lipinski definition) is 4. The van der Waals surface area contributed by atoms with Gasteiger partial charge in [-0.15, -0.1) is 0 Å². The van der Waals surface area contributed by atoms with Crippen molar-refractivity contribution in [1.29, 1.82) is 0 Å². The fourth-order valence-electron chi connectivity index (χ4n) is 1.98. The van der Waals surface area contributed by atoms with E-state index < -0.39 is 6.10 Å². The Kier molecular flexibility index (Phi) is 5.36. The molecule has 2 rings (SSSR count). The van der Waals surface area contributed by atoms with Crippen LogP contribution in [0.1, 0.15) is 25.7 Å². The molecule has 5 nitrogen and oxygen atoms in total. The smallest absolute Gasteiger partial charge is 0.222 e. The molecule has 1 aromatic carbocycles. The van der Waals surface area contributed by atoms with Gasteiger partial charge in [0.15, 0.2) is 0 Å². The predicted octanol–water partition coefficient (Wildman–Crippen LogP) is 1.83. The van der Waals surface area contributed by atoms with Gasteiger partial charge in [-0.25, -0.2) is 0 Å². The van der Waals surface area contributed by atoms with Crippen LogP contribution in [0, 0.1) is 5.92 Å². The summed E-state index contributed by atoms with van der Waals surface area (Å²) in [4.78, 5) is 11.4. The van der Waals surface area contributed by atoms with Crippen LogP contribution < -0.4 is 10.6 Å². The first-order valence-electron chi connectivity index (χ1n) is 7.23. The number of aliphatic hydroxyl groups excluding tert-OH is 1. The molecule has 0 aliphatic carbocycles. The highest BCUT2D eigenvalue weighted by Gasteiger charge is 2.12. The van der Waals surface area contributed by atoms with Crippen LogP contribution in [0.25, 0.3) is 11.0 Å². The Bertz CT molecular complexity index is 559. The van der Waals surface area contributed by atoms with E-state index in [1.54, 1.807) is 0 Å². The predicted molar refractivity (Wildman–Crippen MR) is 81.9 cm³/mol. The second-order valence-corrected chi connectivity index (χ2v) is 5.35. The van der Waals surface area contributed by atoms with Gasteiger partial charge >= 0.3 is 0 Å². The molecule has 1 aromatic heterocycles. The van der Waals surface area contributed by atoms with Crippen molar-refractivity contribution in [2.75, 3.05) is 19.6 Å². The van der Waals surface area contributed by atoms with Crippen molar-refractivity contribution in [1.82, 2.24) is 10.6 Å². The van der Waals surface area contributed by atoms with Crippen molar-refractivity contribution in [2.24, 2.45) is 5.92 Å². The van der Waals surface area contributed by atoms with E-state index in [2.05, 4.69) is 10.6 Å². The second-order valence-electron chi connectivity index (χ2n) is 5.35. The van der Waals surface area contributed by atoms with Gasteiger partial charge in [-0.1, -0.05) is 32.0 Å². The number of carbonyl (C=O) groups is 1. The number of benzene rings is 1. The fraction of sp³-hybridized carbons (Fsp3) is 0.438. The van der Waals surface area contributed by atoms with Gasteiger partial charge in [0.25, 0.3) is 0 Å². The van der Waals surface area contributed by atoms with E-state index in [0.717, 1.165) is 11.0 Å². The van der Waals surface area contributed by atoms with Gasteiger partial charge in [0.05, 0.1) is 0 Å². The molecule has 1 heterocycles. The number of hydrogen-bond donors (Lipinski definition) is 3. The molecule has 114 valence electrons. The van der Waals surface area contributed by atoms with E-state index in [9.17, 15) is 9.90 Å². The Morgan fingerprint density at radius 2 is 2.05 bits per heavy atom. The maximum Gasteiger partial charge on any atom is 0.222 e. The lowest BCUT2D eigenvalue weighted by atomic mass is 10.2. The highest BCUT2D eigenvalue weighted by Crippen LogP contribution is 2.23. The van der Waals surface area contributed by atoms with Crippen molar-refractivity contribution < 1.29 is 14.3 Å². The third-order valence-electron chi connectivity index (χ3n) is 3.24. The standard InChI is InChI=1S/C16H22N2O3/c1-11(2)16(20)18-8-7-17-10-13(19)15-9-12-5-3-4-6-14(12)21-15/h3-6,9,11,13,17,19H,7-8,10H2,1-2H3,(H,18,20). The van der Waals surface area contributed by atoms with Crippen molar-refractivity contribution in [3.63, 3.8) is 0 Å². The summed E-state index contributed by atoms with van der Waals surface area (Å²) in [6.45, 7) is 5.25. The normalized spacial score (nSPS) is 12.8. The van der Waals surface area contributed by atoms with Crippen molar-refractivity contribution in [3.05, 3.63) is 36.1 Å². The van der Waals surface area contributed by atoms with Crippen LogP contribution in [0.3, 0.4) is 0 Å². The van der Waals surface area contributed by atoms with Crippen LogP contribution in [-0.4, -0.2) is 30.6 Å². The Morgan fingerprint density at radius 3 is 2.76 bits per heavy atom. The van der Waals surface area contributed by atoms with E-state index >= 15 is 0 Å². The van der Waals surface area contributed by atoms with Crippen LogP contribution in [0.15, 0.2) is 34.7 Å². The van der Waals surface area contributed by atoms with E-state index in [-0.39, 0.29) is 11.8 Å². The van der Waals surface area contributed by atoms with Gasteiger partial charge in [-0.2, -0.15) is 0 Å². The van der Waals surface area contributed by atoms with Gasteiger partial charge in [-0.3, -0.25) is 4.79 Å². The minimum atomic E-state index is -0.696. The zero-order valence-electron chi connectivity index (χ0n) is 12.4. The lowest BCUT2D eigenvalue weighted by molar-refractivity contribution is -0.123. The Labute approximate surface area is 124 Å². The average Bonchev–Trinajstić information content (AvgIpc) is 2.90. The summed E-state index contributed by atoms with van der Waals surface area (Å²) in [6.07, 6.45) is -0.696. The molecule has 0 bridgehead atoms. The fourth-order valence-corrected chi connectivity index (χ4v) is 1.98. The molecule has 0 radical (unpaired) electrons. The first kappa shape index (κ1) is 15.5. The number of amides is 1. The average molecular weight is 290 g/mol. The van der Waals surface area contributed by atoms with E-state index in [1.165, 1.54) is 0 Å². The van der Waals surface area contributed by atoms with Crippen LogP contribution in [0.4, 0.5) is 0 Å². The topological polar surface area (TPSA) is 74.5 Å². The van der Waals surface area contributed by atoms with Crippen LogP contribution in [0.2, 0.25) is 0 Å². The number of para-hydroxylation sites is 1. The molecule has 1 amide bonds. The van der Waals surface area contributed by atoms with E-state index in [4.69, 9.17) is 4.42 Å². The quantitative estimate of drug-likeness (QED) is 0.680. The lowest BCUT2D eigenvalue weighted by Gasteiger charge is -2.11. The minimum Gasteiger partial charge on any atom is -0.458 e. The first-order chi connectivity index (χ1) is 10.1. The first-order valence-corrected chi connectivity index (χ1v) is 7.23. The highest BCUT2D eigenvalue weighted by atomic mass is 16.4. The summed E-state index contributed by atoms with van der Waals surface area (Å²) in [6, 6.07) is 9.51. The maximum atomic E-state index is 11.4. The van der Waals surface area contributed by atoms with Gasteiger partial charge in [-0.05, 0) is 12.1 Å². The summed E-state index contributed by atoms with van der Waals surface area (Å²) < 4.78 is 5.60. The Balaban J connectivity index is 1.74. The zero-order valence-corrected chi connectivity index (χ0v) is 12.4. The monoisotopic (exact) mass is 290 g/mol. The molecular weight excluding hydrogens is 268 g/mol. The number of carbonyl (C=O) groups excluding carboxylic acids is 1. The molecule has 0 aliphatic rings. The van der Waals surface area contributed by atoms with Crippen LogP contribution >= 0.6 is 0 Å². The molecule has 0 fully saturated rings. The van der Waals surface area contributed by atoms with Gasteiger partial charge in [0, 0.05) is 30.9 Å². The summed E-state index contributed by atoms with van der Waals surface area (Å²) >= 11 is 0. The second kappa shape index (κ2) is 7.24. The summed E-state index contributed by atoms with van der Waals surface area (Å²) in [5.74, 6) is 0.579. The lowest BCUT2D eigenvalue weighted by Crippen LogP contribution is -2.35. The number of nitrogens with one attached hydrogen (secondary N) is 2. The zero-order chi connectivity index (χ0) is 15.2. The van der Waals surface area contributed by atoms with E-state index in [1.807, 2.05) is 44.2 Å². The summed E-state index contributed by atoms with van der Waals surface area (Å²) in [5.41, 5.74) is 0.774. The van der Waals surface area contributed by atoms with Crippen molar-refractivity contribution >= 4 is 16.9 Å². The van der Waals surface area contributed by atoms with Crippen LogP contribution in [0.5, 0.6) is 0 Å². The summed E-state index contributed by atoms with van der Waals surface area (Å²) in [7, 11) is 0. The molecule has 21 heavy (non-hydrogen) atoms. The third kappa shape index (κ3) is 4.31. The van der Waals surface area contributed by atoms with Crippen molar-refractivity contribution in [3.8, 4) is 0 Å². The maximum absolute atomic E-state index is 11.4. The molecule has 0 spiro atoms. The highest BCUT2D eigenvalue weighted by molar-refractivity contribution is 5.78. The number of rotatable bonds is 7. The number of aliphatic hydroxyl groups is 1. The van der Waals surface area contributed by atoms with E-state index in [0.29, 0.717) is 25.4 Å². The largest absolute Gasteiger partial charge is 0.458 e. The molecule has 1 unspecified atom stereocenters. The minimum absolute atomic E-state index is 0.00820. The molecule has 2 aromatic rings. The van der Waals surface area contributed by atoms with Gasteiger partial charge in [0.1, 0.15) is 17.4 Å². The molecule has 0 aliphatic heterocycles. The molecule has 0 saturated carbocycles. The SMILES string of the molecule is CC(C)C(=O)NCCNCC(O)c1cc2ccccc2o1. The molecule has 0 saturated heterocycles. The van der Waals surface area contributed by atoms with Crippen molar-refractivity contribution in [2.45, 2.75) is 20.0 Å². The summed E-state index contributed by atoms with van der Waals surface area (Å²) in [5, 5.41) is 17.0. The third-order valence-corrected chi connectivity index (χ3v) is 3.24. The van der Waals surface area contributed by atoms with Crippen LogP contribution in [-0.2, 0) is 4.79 Å². The van der Waals surface area contributed by atoms with Gasteiger partial charge in [0.2, 0.25) is 5.91 Å². The Morgan fingerprint density at radius 1 is 1.29 bits per heavy atom. The van der Waals surface area contributed by atoms with Gasteiger partial charge < -0.3 is 20.2 Å². The number of fused-ring (bicyclic) bond motifs is 1. The molecular formula is C16H22N2O3. The number of furan rings is 1. The Hall–Kier alpha value is -1.85. The molecule has 5 heteroatoms.